The monoisotopic (exact) mass is 462 g/mol. The largest absolute Gasteiger partial charge is 0.454 e. The van der Waals surface area contributed by atoms with Gasteiger partial charge in [-0.3, -0.25) is 0 Å². The lowest BCUT2D eigenvalue weighted by Crippen LogP contribution is -1.94. The molecule has 0 atom stereocenters. The van der Waals surface area contributed by atoms with Gasteiger partial charge in [0.2, 0.25) is 0 Å². The summed E-state index contributed by atoms with van der Waals surface area (Å²) in [5.41, 5.74) is 12.2. The fraction of sp³-hybridized carbons (Fsp3) is 0. The highest BCUT2D eigenvalue weighted by Crippen LogP contribution is 2.44. The summed E-state index contributed by atoms with van der Waals surface area (Å²) in [7, 11) is 0. The molecule has 0 fully saturated rings. The van der Waals surface area contributed by atoms with Gasteiger partial charge in [0.15, 0.2) is 11.5 Å². The maximum Gasteiger partial charge on any atom is 0.166 e. The van der Waals surface area contributed by atoms with Crippen LogP contribution in [0.5, 0.6) is 23.0 Å². The van der Waals surface area contributed by atoms with E-state index >= 15 is 0 Å². The second kappa shape index (κ2) is 8.13. The minimum absolute atomic E-state index is 0.173. The smallest absolute Gasteiger partial charge is 0.166 e. The number of nitrogens with two attached hydrogens (primary N) is 2. The van der Waals surface area contributed by atoms with Gasteiger partial charge in [-0.15, -0.1) is 0 Å². The molecule has 0 aliphatic heterocycles. The molecule has 27 heavy (non-hydrogen) atoms. The zero-order valence-electron chi connectivity index (χ0n) is 13.4. The number of benzene rings is 3. The van der Waals surface area contributed by atoms with Crippen LogP contribution in [0.3, 0.4) is 0 Å². The van der Waals surface area contributed by atoms with E-state index in [9.17, 15) is 0 Å². The molecule has 0 radical (unpaired) electrons. The van der Waals surface area contributed by atoms with E-state index in [2.05, 4.69) is 0 Å². The van der Waals surface area contributed by atoms with Crippen molar-refractivity contribution in [3.63, 3.8) is 0 Å². The summed E-state index contributed by atoms with van der Waals surface area (Å²) in [6.45, 7) is 0. The van der Waals surface area contributed by atoms with Crippen molar-refractivity contribution in [3.8, 4) is 23.0 Å². The summed E-state index contributed by atoms with van der Waals surface area (Å²) in [5, 5.41) is 1.25. The van der Waals surface area contributed by atoms with Crippen molar-refractivity contribution in [3.05, 3.63) is 67.6 Å². The van der Waals surface area contributed by atoms with E-state index in [1.165, 1.54) is 6.07 Å². The van der Waals surface area contributed by atoms with E-state index in [1.54, 1.807) is 36.4 Å². The van der Waals surface area contributed by atoms with Gasteiger partial charge in [-0.2, -0.15) is 0 Å². The molecule has 0 amide bonds. The normalized spacial score (nSPS) is 10.7. The third kappa shape index (κ3) is 4.26. The van der Waals surface area contributed by atoms with Crippen LogP contribution in [-0.2, 0) is 0 Å². The van der Waals surface area contributed by atoms with Gasteiger partial charge in [-0.25, -0.2) is 0 Å². The summed E-state index contributed by atoms with van der Waals surface area (Å²) in [6.07, 6.45) is 0. The zero-order chi connectivity index (χ0) is 19.7. The Bertz CT molecular complexity index is 1030. The minimum atomic E-state index is 0.173. The van der Waals surface area contributed by atoms with E-state index in [4.69, 9.17) is 78.9 Å². The second-order valence-electron chi connectivity index (χ2n) is 5.36. The van der Waals surface area contributed by atoms with Crippen molar-refractivity contribution in [2.75, 3.05) is 11.5 Å². The molecule has 0 aliphatic carbocycles. The highest BCUT2D eigenvalue weighted by Gasteiger charge is 2.16. The fourth-order valence-electron chi connectivity index (χ4n) is 2.14. The molecule has 3 rings (SSSR count). The third-order valence-electron chi connectivity index (χ3n) is 3.49. The summed E-state index contributed by atoms with van der Waals surface area (Å²) in [6, 6.07) is 11.0. The van der Waals surface area contributed by atoms with Gasteiger partial charge < -0.3 is 20.9 Å². The summed E-state index contributed by atoms with van der Waals surface area (Å²) < 4.78 is 11.5. The fourth-order valence-corrected chi connectivity index (χ4v) is 3.19. The number of halogens is 5. The van der Waals surface area contributed by atoms with Crippen LogP contribution in [0.25, 0.3) is 0 Å². The van der Waals surface area contributed by atoms with Crippen LogP contribution in [0.15, 0.2) is 42.5 Å². The van der Waals surface area contributed by atoms with Crippen LogP contribution in [0.4, 0.5) is 11.4 Å². The van der Waals surface area contributed by atoms with Gasteiger partial charge in [-0.05, 0) is 36.4 Å². The molecule has 0 aliphatic rings. The third-order valence-corrected chi connectivity index (χ3v) is 5.18. The molecule has 9 heteroatoms. The van der Waals surface area contributed by atoms with Gasteiger partial charge in [0.1, 0.15) is 21.5 Å². The van der Waals surface area contributed by atoms with Crippen molar-refractivity contribution >= 4 is 69.4 Å². The molecule has 0 aromatic heterocycles. The number of hydrogen-bond donors (Lipinski definition) is 2. The van der Waals surface area contributed by atoms with E-state index in [0.717, 1.165) is 0 Å². The molecule has 0 spiro atoms. The summed E-state index contributed by atoms with van der Waals surface area (Å²) in [4.78, 5) is 0. The first-order valence-electron chi connectivity index (χ1n) is 7.40. The molecule has 0 heterocycles. The number of rotatable bonds is 4. The predicted molar refractivity (Wildman–Crippen MR) is 113 cm³/mol. The first kappa shape index (κ1) is 20.1. The Balaban J connectivity index is 1.97. The zero-order valence-corrected chi connectivity index (χ0v) is 17.2. The molecule has 0 saturated carbocycles. The first-order chi connectivity index (χ1) is 12.8. The van der Waals surface area contributed by atoms with Crippen molar-refractivity contribution in [2.24, 2.45) is 0 Å². The van der Waals surface area contributed by atoms with E-state index in [-0.39, 0.29) is 32.3 Å². The number of ether oxygens (including phenoxy) is 2. The molecular formula is C18H11Cl5N2O2. The van der Waals surface area contributed by atoms with Crippen LogP contribution in [-0.4, -0.2) is 0 Å². The molecule has 0 unspecified atom stereocenters. The van der Waals surface area contributed by atoms with Crippen molar-refractivity contribution in [1.82, 2.24) is 0 Å². The van der Waals surface area contributed by atoms with Gasteiger partial charge in [0, 0.05) is 6.07 Å². The summed E-state index contributed by atoms with van der Waals surface area (Å²) in [5.74, 6) is 1.00. The molecule has 140 valence electrons. The minimum Gasteiger partial charge on any atom is -0.454 e. The van der Waals surface area contributed by atoms with E-state index < -0.39 is 0 Å². The Morgan fingerprint density at radius 2 is 1.07 bits per heavy atom. The number of anilines is 2. The molecular weight excluding hydrogens is 453 g/mol. The quantitative estimate of drug-likeness (QED) is 0.388. The number of hydrogen-bond acceptors (Lipinski definition) is 4. The molecule has 4 N–H and O–H groups in total. The highest BCUT2D eigenvalue weighted by atomic mass is 35.5. The van der Waals surface area contributed by atoms with Crippen LogP contribution in [0.1, 0.15) is 0 Å². The van der Waals surface area contributed by atoms with Crippen LogP contribution in [0.2, 0.25) is 25.1 Å². The van der Waals surface area contributed by atoms with E-state index in [0.29, 0.717) is 27.2 Å². The Labute approximate surface area is 180 Å². The van der Waals surface area contributed by atoms with Gasteiger partial charge in [0.05, 0.1) is 26.4 Å². The average Bonchev–Trinajstić information content (AvgIpc) is 2.64. The topological polar surface area (TPSA) is 70.5 Å². The number of nitrogen functional groups attached to an aromatic ring is 2. The van der Waals surface area contributed by atoms with Gasteiger partial charge >= 0.3 is 0 Å². The Morgan fingerprint density at radius 3 is 1.63 bits per heavy atom. The van der Waals surface area contributed by atoms with Crippen molar-refractivity contribution in [1.29, 1.82) is 0 Å². The SMILES string of the molecule is Nc1ccc(Cl)c(Oc2ccc(Cl)c(Oc3c(Cl)ccc(N)c3Cl)c2)c1Cl. The second-order valence-corrected chi connectivity index (χ2v) is 7.33. The first-order valence-corrected chi connectivity index (χ1v) is 9.29. The Kier molecular flexibility index (Phi) is 6.04. The molecule has 4 nitrogen and oxygen atoms in total. The lowest BCUT2D eigenvalue weighted by atomic mass is 10.2. The van der Waals surface area contributed by atoms with Crippen LogP contribution in [0, 0.1) is 0 Å². The molecule has 0 bridgehead atoms. The van der Waals surface area contributed by atoms with Crippen molar-refractivity contribution in [2.45, 2.75) is 0 Å². The maximum absolute atomic E-state index is 6.21. The molecule has 0 saturated heterocycles. The van der Waals surface area contributed by atoms with Crippen LogP contribution >= 0.6 is 58.0 Å². The van der Waals surface area contributed by atoms with E-state index in [1.807, 2.05) is 0 Å². The standard InChI is InChI=1S/C18H11Cl5N2O2/c19-9-2-1-8(26-17-10(20)3-5-12(24)15(17)22)7-14(9)27-18-11(21)4-6-13(25)16(18)23/h1-7H,24-25H2. The Hall–Kier alpha value is -1.69. The molecule has 3 aromatic rings. The Morgan fingerprint density at radius 1 is 0.593 bits per heavy atom. The molecule has 3 aromatic carbocycles. The van der Waals surface area contributed by atoms with Crippen molar-refractivity contribution < 1.29 is 9.47 Å². The lowest BCUT2D eigenvalue weighted by Gasteiger charge is -2.15. The summed E-state index contributed by atoms with van der Waals surface area (Å²) >= 11 is 30.8. The van der Waals surface area contributed by atoms with Gasteiger partial charge in [-0.1, -0.05) is 58.0 Å². The average molecular weight is 465 g/mol. The van der Waals surface area contributed by atoms with Gasteiger partial charge in [0.25, 0.3) is 0 Å². The highest BCUT2D eigenvalue weighted by molar-refractivity contribution is 6.39. The predicted octanol–water partition coefficient (Wildman–Crippen LogP) is 7.70. The maximum atomic E-state index is 6.21. The van der Waals surface area contributed by atoms with Crippen LogP contribution < -0.4 is 20.9 Å². The lowest BCUT2D eigenvalue weighted by molar-refractivity contribution is 0.461.